The highest BCUT2D eigenvalue weighted by Gasteiger charge is 2.38. The zero-order valence-corrected chi connectivity index (χ0v) is 15.3. The Kier molecular flexibility index (Phi) is 4.98. The summed E-state index contributed by atoms with van der Waals surface area (Å²) in [6, 6.07) is 7.40. The molecule has 1 spiro atoms. The van der Waals surface area contributed by atoms with Crippen LogP contribution < -0.4 is 0 Å². The van der Waals surface area contributed by atoms with Crippen molar-refractivity contribution in [3.05, 3.63) is 47.2 Å². The average Bonchev–Trinajstić information content (AvgIpc) is 3.06. The molecule has 1 amide bonds. The second-order valence-electron chi connectivity index (χ2n) is 7.05. The molecule has 0 saturated carbocycles. The molecule has 7 heteroatoms. The molecule has 2 aliphatic heterocycles. The van der Waals surface area contributed by atoms with Gasteiger partial charge in [-0.2, -0.15) is 5.10 Å². The summed E-state index contributed by atoms with van der Waals surface area (Å²) in [5, 5.41) is 4.97. The van der Waals surface area contributed by atoms with E-state index < -0.39 is 0 Å². The van der Waals surface area contributed by atoms with E-state index >= 15 is 0 Å². The molecule has 2 saturated heterocycles. The Morgan fingerprint density at radius 2 is 2.04 bits per heavy atom. The lowest BCUT2D eigenvalue weighted by molar-refractivity contribution is -0.0304. The molecule has 0 atom stereocenters. The van der Waals surface area contributed by atoms with E-state index in [4.69, 9.17) is 21.1 Å². The molecule has 4 rings (SSSR count). The normalized spacial score (nSPS) is 20.1. The molecule has 2 fully saturated rings. The fourth-order valence-electron chi connectivity index (χ4n) is 3.65. The SMILES string of the molecule is O=C(c1cnn(-c2cccc(Cl)c2)c1)N1CCOCC2(CCOCC2)C1. The van der Waals surface area contributed by atoms with Gasteiger partial charge in [-0.3, -0.25) is 4.79 Å². The Hall–Kier alpha value is -1.89. The van der Waals surface area contributed by atoms with Crippen molar-refractivity contribution >= 4 is 17.5 Å². The summed E-state index contributed by atoms with van der Waals surface area (Å²) in [5.41, 5.74) is 1.42. The van der Waals surface area contributed by atoms with Crippen LogP contribution in [0.5, 0.6) is 0 Å². The zero-order chi connectivity index (χ0) is 18.0. The summed E-state index contributed by atoms with van der Waals surface area (Å²) in [5.74, 6) is -0.00496. The molecule has 2 aliphatic rings. The first-order valence-corrected chi connectivity index (χ1v) is 9.28. The minimum absolute atomic E-state index is 0.00496. The van der Waals surface area contributed by atoms with Crippen LogP contribution in [-0.2, 0) is 9.47 Å². The molecule has 3 heterocycles. The first-order valence-electron chi connectivity index (χ1n) is 8.91. The third-order valence-corrected chi connectivity index (χ3v) is 5.42. The monoisotopic (exact) mass is 375 g/mol. The summed E-state index contributed by atoms with van der Waals surface area (Å²) in [7, 11) is 0. The number of ether oxygens (including phenoxy) is 2. The highest BCUT2D eigenvalue weighted by Crippen LogP contribution is 2.33. The molecular formula is C19H22ClN3O3. The number of amides is 1. The molecule has 138 valence electrons. The van der Waals surface area contributed by atoms with E-state index in [9.17, 15) is 4.79 Å². The van der Waals surface area contributed by atoms with Gasteiger partial charge in [0.25, 0.3) is 5.91 Å². The van der Waals surface area contributed by atoms with Crippen LogP contribution in [0.15, 0.2) is 36.7 Å². The number of carbonyl (C=O) groups is 1. The van der Waals surface area contributed by atoms with E-state index in [1.807, 2.05) is 29.2 Å². The zero-order valence-electron chi connectivity index (χ0n) is 14.6. The second kappa shape index (κ2) is 7.39. The molecule has 0 bridgehead atoms. The van der Waals surface area contributed by atoms with Crippen LogP contribution in [0.25, 0.3) is 5.69 Å². The molecule has 2 aromatic rings. The van der Waals surface area contributed by atoms with Crippen LogP contribution in [0.1, 0.15) is 23.2 Å². The number of nitrogens with zero attached hydrogens (tertiary/aromatic N) is 3. The van der Waals surface area contributed by atoms with Crippen LogP contribution in [-0.4, -0.2) is 60.1 Å². The standard InChI is InChI=1S/C19H22ClN3O3/c20-16-2-1-3-17(10-16)23-12-15(11-21-23)18(24)22-6-9-26-14-19(13-22)4-7-25-8-5-19/h1-3,10-12H,4-9,13-14H2. The van der Waals surface area contributed by atoms with Gasteiger partial charge in [-0.15, -0.1) is 0 Å². The van der Waals surface area contributed by atoms with Crippen LogP contribution >= 0.6 is 11.6 Å². The predicted molar refractivity (Wildman–Crippen MR) is 97.8 cm³/mol. The maximum absolute atomic E-state index is 13.0. The molecule has 26 heavy (non-hydrogen) atoms. The maximum Gasteiger partial charge on any atom is 0.257 e. The number of carbonyl (C=O) groups excluding carboxylic acids is 1. The highest BCUT2D eigenvalue weighted by atomic mass is 35.5. The van der Waals surface area contributed by atoms with Crippen LogP contribution in [0.3, 0.4) is 0 Å². The van der Waals surface area contributed by atoms with E-state index in [0.717, 1.165) is 31.7 Å². The third kappa shape index (κ3) is 3.63. The Morgan fingerprint density at radius 3 is 2.85 bits per heavy atom. The van der Waals surface area contributed by atoms with E-state index in [0.29, 0.717) is 36.9 Å². The first kappa shape index (κ1) is 17.5. The molecule has 0 aliphatic carbocycles. The third-order valence-electron chi connectivity index (χ3n) is 5.18. The van der Waals surface area contributed by atoms with Crippen molar-refractivity contribution < 1.29 is 14.3 Å². The van der Waals surface area contributed by atoms with Crippen molar-refractivity contribution in [3.63, 3.8) is 0 Å². The van der Waals surface area contributed by atoms with E-state index in [-0.39, 0.29) is 11.3 Å². The van der Waals surface area contributed by atoms with E-state index in [2.05, 4.69) is 5.10 Å². The summed E-state index contributed by atoms with van der Waals surface area (Å²) in [6.07, 6.45) is 5.24. The smallest absolute Gasteiger partial charge is 0.257 e. The Labute approximate surface area is 157 Å². The van der Waals surface area contributed by atoms with E-state index in [1.165, 1.54) is 0 Å². The minimum Gasteiger partial charge on any atom is -0.381 e. The number of aromatic nitrogens is 2. The summed E-state index contributed by atoms with van der Waals surface area (Å²) in [6.45, 7) is 4.04. The van der Waals surface area contributed by atoms with Crippen molar-refractivity contribution in [2.45, 2.75) is 12.8 Å². The van der Waals surface area contributed by atoms with Gasteiger partial charge in [0.15, 0.2) is 0 Å². The first-order chi connectivity index (χ1) is 12.7. The van der Waals surface area contributed by atoms with Crippen LogP contribution in [0.4, 0.5) is 0 Å². The van der Waals surface area contributed by atoms with Crippen molar-refractivity contribution in [3.8, 4) is 5.69 Å². The van der Waals surface area contributed by atoms with Crippen LogP contribution in [0.2, 0.25) is 5.02 Å². The van der Waals surface area contributed by atoms with Gasteiger partial charge in [-0.25, -0.2) is 4.68 Å². The molecule has 0 unspecified atom stereocenters. The van der Waals surface area contributed by atoms with Crippen molar-refractivity contribution in [1.29, 1.82) is 0 Å². The number of hydrogen-bond acceptors (Lipinski definition) is 4. The van der Waals surface area contributed by atoms with Gasteiger partial charge in [0.2, 0.25) is 0 Å². The number of rotatable bonds is 2. The molecule has 1 aromatic carbocycles. The van der Waals surface area contributed by atoms with Gasteiger partial charge in [-0.05, 0) is 31.0 Å². The molecule has 6 nitrogen and oxygen atoms in total. The second-order valence-corrected chi connectivity index (χ2v) is 7.48. The van der Waals surface area contributed by atoms with Gasteiger partial charge in [0.05, 0.1) is 30.7 Å². The Morgan fingerprint density at radius 1 is 1.19 bits per heavy atom. The van der Waals surface area contributed by atoms with Gasteiger partial charge in [-0.1, -0.05) is 17.7 Å². The summed E-state index contributed by atoms with van der Waals surface area (Å²) >= 11 is 6.05. The predicted octanol–water partition coefficient (Wildman–Crippen LogP) is 2.79. The lowest BCUT2D eigenvalue weighted by atomic mass is 9.80. The topological polar surface area (TPSA) is 56.6 Å². The average molecular weight is 376 g/mol. The molecule has 1 aromatic heterocycles. The Bertz CT molecular complexity index is 786. The maximum atomic E-state index is 13.0. The molecular weight excluding hydrogens is 354 g/mol. The van der Waals surface area contributed by atoms with E-state index in [1.54, 1.807) is 17.1 Å². The molecule has 0 N–H and O–H groups in total. The van der Waals surface area contributed by atoms with Gasteiger partial charge >= 0.3 is 0 Å². The highest BCUT2D eigenvalue weighted by molar-refractivity contribution is 6.30. The number of halogens is 1. The number of hydrogen-bond donors (Lipinski definition) is 0. The largest absolute Gasteiger partial charge is 0.381 e. The lowest BCUT2D eigenvalue weighted by Crippen LogP contribution is -2.44. The number of benzene rings is 1. The van der Waals surface area contributed by atoms with Gasteiger partial charge in [0, 0.05) is 42.9 Å². The van der Waals surface area contributed by atoms with Gasteiger partial charge in [0.1, 0.15) is 0 Å². The van der Waals surface area contributed by atoms with Crippen LogP contribution in [0, 0.1) is 5.41 Å². The van der Waals surface area contributed by atoms with Gasteiger partial charge < -0.3 is 14.4 Å². The van der Waals surface area contributed by atoms with Crippen molar-refractivity contribution in [2.75, 3.05) is 39.5 Å². The summed E-state index contributed by atoms with van der Waals surface area (Å²) in [4.78, 5) is 15.0. The fourth-order valence-corrected chi connectivity index (χ4v) is 3.83. The lowest BCUT2D eigenvalue weighted by Gasteiger charge is -2.38. The fraction of sp³-hybridized carbons (Fsp3) is 0.474. The quantitative estimate of drug-likeness (QED) is 0.810. The molecule has 0 radical (unpaired) electrons. The van der Waals surface area contributed by atoms with Crippen molar-refractivity contribution in [2.24, 2.45) is 5.41 Å². The minimum atomic E-state index is -0.00496. The summed E-state index contributed by atoms with van der Waals surface area (Å²) < 4.78 is 13.0. The Balaban J connectivity index is 1.53. The van der Waals surface area contributed by atoms with Crippen molar-refractivity contribution in [1.82, 2.24) is 14.7 Å².